The van der Waals surface area contributed by atoms with Gasteiger partial charge in [0.2, 0.25) is 5.91 Å². The number of hydrogen-bond donors (Lipinski definition) is 2. The standard InChI is InChI=1S/C7H12N2O3/c10-6-4-9(5-7(11)12)3-1-2-8-6/h1-5H2,(H,8,10)(H,11,12). The van der Waals surface area contributed by atoms with Crippen molar-refractivity contribution < 1.29 is 14.7 Å². The first kappa shape index (κ1) is 8.99. The van der Waals surface area contributed by atoms with E-state index in [9.17, 15) is 9.59 Å². The van der Waals surface area contributed by atoms with Crippen molar-refractivity contribution in [1.82, 2.24) is 10.2 Å². The maximum absolute atomic E-state index is 10.9. The maximum atomic E-state index is 10.9. The molecule has 0 bridgehead atoms. The normalized spacial score (nSPS) is 19.8. The molecule has 1 rings (SSSR count). The minimum atomic E-state index is -0.885. The number of aliphatic carboxylic acids is 1. The van der Waals surface area contributed by atoms with Gasteiger partial charge in [-0.3, -0.25) is 14.5 Å². The molecule has 0 saturated carbocycles. The van der Waals surface area contributed by atoms with Gasteiger partial charge in [-0.25, -0.2) is 0 Å². The van der Waals surface area contributed by atoms with Crippen molar-refractivity contribution in [3.05, 3.63) is 0 Å². The molecule has 0 aromatic carbocycles. The van der Waals surface area contributed by atoms with Gasteiger partial charge in [0.1, 0.15) is 0 Å². The van der Waals surface area contributed by atoms with Crippen LogP contribution in [0.2, 0.25) is 0 Å². The predicted molar refractivity (Wildman–Crippen MR) is 41.7 cm³/mol. The van der Waals surface area contributed by atoms with Crippen molar-refractivity contribution in [2.75, 3.05) is 26.2 Å². The molecule has 1 amide bonds. The minimum Gasteiger partial charge on any atom is -0.480 e. The Morgan fingerprint density at radius 2 is 2.42 bits per heavy atom. The summed E-state index contributed by atoms with van der Waals surface area (Å²) in [5.74, 6) is -0.974. The number of carbonyl (C=O) groups excluding carboxylic acids is 1. The van der Waals surface area contributed by atoms with E-state index >= 15 is 0 Å². The Balaban J connectivity index is 2.41. The first-order valence-corrected chi connectivity index (χ1v) is 3.89. The number of carboxylic acids is 1. The quantitative estimate of drug-likeness (QED) is 0.554. The summed E-state index contributed by atoms with van der Waals surface area (Å²) >= 11 is 0. The summed E-state index contributed by atoms with van der Waals surface area (Å²) in [6.07, 6.45) is 0.818. The molecule has 5 heteroatoms. The van der Waals surface area contributed by atoms with Crippen molar-refractivity contribution in [1.29, 1.82) is 0 Å². The number of carbonyl (C=O) groups is 2. The van der Waals surface area contributed by atoms with Crippen molar-refractivity contribution in [2.45, 2.75) is 6.42 Å². The lowest BCUT2D eigenvalue weighted by atomic mass is 10.4. The molecule has 0 atom stereocenters. The number of amides is 1. The summed E-state index contributed by atoms with van der Waals surface area (Å²) in [6.45, 7) is 1.47. The Kier molecular flexibility index (Phi) is 3.04. The third kappa shape index (κ3) is 2.87. The average Bonchev–Trinajstić information content (AvgIpc) is 2.12. The molecule has 68 valence electrons. The molecular formula is C7H12N2O3. The van der Waals surface area contributed by atoms with Crippen LogP contribution in [-0.4, -0.2) is 48.1 Å². The summed E-state index contributed by atoms with van der Waals surface area (Å²) in [7, 11) is 0. The van der Waals surface area contributed by atoms with Crippen LogP contribution in [0.3, 0.4) is 0 Å². The van der Waals surface area contributed by atoms with Gasteiger partial charge in [0.25, 0.3) is 0 Å². The number of carboxylic acid groups (broad SMARTS) is 1. The molecular weight excluding hydrogens is 160 g/mol. The fourth-order valence-electron chi connectivity index (χ4n) is 1.19. The second-order valence-corrected chi connectivity index (χ2v) is 2.81. The lowest BCUT2D eigenvalue weighted by Crippen LogP contribution is -2.36. The highest BCUT2D eigenvalue weighted by molar-refractivity contribution is 5.79. The molecule has 0 spiro atoms. The van der Waals surface area contributed by atoms with E-state index in [1.807, 2.05) is 0 Å². The van der Waals surface area contributed by atoms with Crippen LogP contribution in [0.1, 0.15) is 6.42 Å². The number of rotatable bonds is 2. The van der Waals surface area contributed by atoms with Gasteiger partial charge in [-0.05, 0) is 6.42 Å². The Hall–Kier alpha value is -1.10. The van der Waals surface area contributed by atoms with Crippen LogP contribution in [0.15, 0.2) is 0 Å². The van der Waals surface area contributed by atoms with Crippen molar-refractivity contribution >= 4 is 11.9 Å². The molecule has 1 aliphatic heterocycles. The molecule has 5 nitrogen and oxygen atoms in total. The van der Waals surface area contributed by atoms with Crippen LogP contribution < -0.4 is 5.32 Å². The van der Waals surface area contributed by atoms with E-state index in [1.54, 1.807) is 4.90 Å². The molecule has 1 fully saturated rings. The Morgan fingerprint density at radius 1 is 1.67 bits per heavy atom. The Labute approximate surface area is 70.4 Å². The number of hydrogen-bond acceptors (Lipinski definition) is 3. The van der Waals surface area contributed by atoms with E-state index < -0.39 is 5.97 Å². The van der Waals surface area contributed by atoms with Gasteiger partial charge >= 0.3 is 5.97 Å². The van der Waals surface area contributed by atoms with Gasteiger partial charge < -0.3 is 10.4 Å². The third-order valence-electron chi connectivity index (χ3n) is 1.70. The smallest absolute Gasteiger partial charge is 0.317 e. The van der Waals surface area contributed by atoms with Crippen LogP contribution in [-0.2, 0) is 9.59 Å². The van der Waals surface area contributed by atoms with Crippen molar-refractivity contribution in [3.63, 3.8) is 0 Å². The zero-order valence-electron chi connectivity index (χ0n) is 6.75. The number of nitrogens with zero attached hydrogens (tertiary/aromatic N) is 1. The van der Waals surface area contributed by atoms with E-state index in [-0.39, 0.29) is 19.0 Å². The zero-order chi connectivity index (χ0) is 8.97. The second kappa shape index (κ2) is 4.06. The fraction of sp³-hybridized carbons (Fsp3) is 0.714. The first-order valence-electron chi connectivity index (χ1n) is 3.89. The molecule has 1 aliphatic rings. The van der Waals surface area contributed by atoms with Crippen molar-refractivity contribution in [3.8, 4) is 0 Å². The van der Waals surface area contributed by atoms with E-state index in [4.69, 9.17) is 5.11 Å². The zero-order valence-corrected chi connectivity index (χ0v) is 6.75. The highest BCUT2D eigenvalue weighted by Crippen LogP contribution is 1.94. The van der Waals surface area contributed by atoms with E-state index in [2.05, 4.69) is 5.32 Å². The van der Waals surface area contributed by atoms with Gasteiger partial charge in [-0.1, -0.05) is 0 Å². The molecule has 1 heterocycles. The molecule has 0 aliphatic carbocycles. The largest absolute Gasteiger partial charge is 0.480 e. The second-order valence-electron chi connectivity index (χ2n) is 2.81. The van der Waals surface area contributed by atoms with Crippen LogP contribution in [0.25, 0.3) is 0 Å². The molecule has 0 aromatic heterocycles. The fourth-order valence-corrected chi connectivity index (χ4v) is 1.19. The molecule has 0 radical (unpaired) electrons. The molecule has 12 heavy (non-hydrogen) atoms. The lowest BCUT2D eigenvalue weighted by Gasteiger charge is -2.14. The van der Waals surface area contributed by atoms with Crippen LogP contribution in [0.5, 0.6) is 0 Å². The summed E-state index contributed by atoms with van der Waals surface area (Å²) in [5, 5.41) is 11.1. The minimum absolute atomic E-state index is 0.0482. The molecule has 1 saturated heterocycles. The van der Waals surface area contributed by atoms with Gasteiger partial charge in [-0.2, -0.15) is 0 Å². The molecule has 0 aromatic rings. The predicted octanol–water partition coefficient (Wildman–Crippen LogP) is -1.11. The van der Waals surface area contributed by atoms with Crippen LogP contribution in [0.4, 0.5) is 0 Å². The van der Waals surface area contributed by atoms with Crippen LogP contribution >= 0.6 is 0 Å². The highest BCUT2D eigenvalue weighted by atomic mass is 16.4. The Morgan fingerprint density at radius 3 is 3.08 bits per heavy atom. The molecule has 0 unspecified atom stereocenters. The van der Waals surface area contributed by atoms with Crippen LogP contribution in [0, 0.1) is 0 Å². The summed E-state index contributed by atoms with van der Waals surface area (Å²) in [5.41, 5.74) is 0. The highest BCUT2D eigenvalue weighted by Gasteiger charge is 2.16. The topological polar surface area (TPSA) is 69.6 Å². The maximum Gasteiger partial charge on any atom is 0.317 e. The monoisotopic (exact) mass is 172 g/mol. The average molecular weight is 172 g/mol. The van der Waals surface area contributed by atoms with E-state index in [0.29, 0.717) is 13.1 Å². The van der Waals surface area contributed by atoms with Gasteiger partial charge in [-0.15, -0.1) is 0 Å². The lowest BCUT2D eigenvalue weighted by molar-refractivity contribution is -0.138. The van der Waals surface area contributed by atoms with Gasteiger partial charge in [0, 0.05) is 13.1 Å². The van der Waals surface area contributed by atoms with Gasteiger partial charge in [0.05, 0.1) is 13.1 Å². The Bertz CT molecular complexity index is 193. The van der Waals surface area contributed by atoms with E-state index in [1.165, 1.54) is 0 Å². The van der Waals surface area contributed by atoms with Gasteiger partial charge in [0.15, 0.2) is 0 Å². The summed E-state index contributed by atoms with van der Waals surface area (Å²) in [4.78, 5) is 22.9. The number of nitrogens with one attached hydrogen (secondary N) is 1. The van der Waals surface area contributed by atoms with E-state index in [0.717, 1.165) is 6.42 Å². The third-order valence-corrected chi connectivity index (χ3v) is 1.70. The van der Waals surface area contributed by atoms with Crippen molar-refractivity contribution in [2.24, 2.45) is 0 Å². The first-order chi connectivity index (χ1) is 5.68. The summed E-state index contributed by atoms with van der Waals surface area (Å²) in [6, 6.07) is 0. The summed E-state index contributed by atoms with van der Waals surface area (Å²) < 4.78 is 0. The SMILES string of the molecule is O=C(O)CN1CCCNC(=O)C1. The molecule has 2 N–H and O–H groups in total.